The maximum absolute atomic E-state index is 16.2. The van der Waals surface area contributed by atoms with Crippen molar-refractivity contribution in [1.82, 2.24) is 24.4 Å². The normalized spacial score (nSPS) is 16.2. The van der Waals surface area contributed by atoms with Crippen molar-refractivity contribution in [2.24, 2.45) is 0 Å². The van der Waals surface area contributed by atoms with Crippen LogP contribution in [0.1, 0.15) is 51.9 Å². The quantitative estimate of drug-likeness (QED) is 0.327. The third-order valence-electron chi connectivity index (χ3n) is 8.18. The summed E-state index contributed by atoms with van der Waals surface area (Å²) in [6.45, 7) is 11.0. The Labute approximate surface area is 269 Å². The number of ether oxygens (including phenoxy) is 2. The number of piperazine rings is 1. The van der Waals surface area contributed by atoms with Gasteiger partial charge in [0.2, 0.25) is 5.91 Å². The van der Waals surface area contributed by atoms with Crippen LogP contribution in [-0.4, -0.2) is 74.8 Å². The molecule has 0 spiro atoms. The molecular formula is C33H35F2N7O5. The summed E-state index contributed by atoms with van der Waals surface area (Å²) in [5.41, 5.74) is -0.547. The summed E-state index contributed by atoms with van der Waals surface area (Å²) in [6, 6.07) is 4.35. The van der Waals surface area contributed by atoms with Crippen molar-refractivity contribution in [2.75, 3.05) is 37.0 Å². The number of carbonyl (C=O) groups is 2. The smallest absolute Gasteiger partial charge is 0.410 e. The van der Waals surface area contributed by atoms with E-state index in [4.69, 9.17) is 9.47 Å². The minimum atomic E-state index is -0.912. The highest BCUT2D eigenvalue weighted by Gasteiger charge is 2.43. The van der Waals surface area contributed by atoms with Gasteiger partial charge >= 0.3 is 6.09 Å². The van der Waals surface area contributed by atoms with Gasteiger partial charge in [0.15, 0.2) is 11.5 Å². The van der Waals surface area contributed by atoms with E-state index in [0.717, 1.165) is 0 Å². The average molecular weight is 648 g/mol. The molecule has 246 valence electrons. The summed E-state index contributed by atoms with van der Waals surface area (Å²) in [6.07, 6.45) is 0.812. The third kappa shape index (κ3) is 5.40. The van der Waals surface area contributed by atoms with Crippen molar-refractivity contribution in [3.63, 3.8) is 0 Å². The van der Waals surface area contributed by atoms with Gasteiger partial charge in [-0.2, -0.15) is 0 Å². The molecule has 3 aromatic heterocycles. The SMILES string of the molecule is COc1cccc(F)c1-c1nc2c(cc1F)c1c(c(=O)n2-c2c(C)ncnc2C(C)C)NC(=O)[C@H]2CN(C(=O)OC(C)(C)C)CCN12. The van der Waals surface area contributed by atoms with Gasteiger partial charge in [-0.3, -0.25) is 14.2 Å². The average Bonchev–Trinajstić information content (AvgIpc) is 3.00. The van der Waals surface area contributed by atoms with Crippen LogP contribution >= 0.6 is 0 Å². The Bertz CT molecular complexity index is 2010. The van der Waals surface area contributed by atoms with E-state index >= 15 is 8.78 Å². The van der Waals surface area contributed by atoms with Crippen LogP contribution in [0.3, 0.4) is 0 Å². The number of carbonyl (C=O) groups excluding carboxylic acids is 2. The van der Waals surface area contributed by atoms with E-state index in [1.807, 2.05) is 13.8 Å². The molecule has 0 radical (unpaired) electrons. The van der Waals surface area contributed by atoms with Crippen molar-refractivity contribution in [2.45, 2.75) is 59.1 Å². The number of fused-ring (bicyclic) bond motifs is 5. The number of aryl methyl sites for hydroxylation is 1. The zero-order valence-electron chi connectivity index (χ0n) is 27.1. The Balaban J connectivity index is 1.64. The molecule has 1 N–H and O–H groups in total. The first kappa shape index (κ1) is 31.8. The van der Waals surface area contributed by atoms with Crippen molar-refractivity contribution in [1.29, 1.82) is 0 Å². The van der Waals surface area contributed by atoms with E-state index in [-0.39, 0.29) is 65.0 Å². The molecule has 1 saturated heterocycles. The van der Waals surface area contributed by atoms with Gasteiger partial charge in [0.05, 0.1) is 42.0 Å². The first-order valence-electron chi connectivity index (χ1n) is 15.2. The van der Waals surface area contributed by atoms with Crippen LogP contribution in [0.25, 0.3) is 28.0 Å². The van der Waals surface area contributed by atoms with Crippen LogP contribution in [-0.2, 0) is 9.53 Å². The molecule has 2 amide bonds. The lowest BCUT2D eigenvalue weighted by molar-refractivity contribution is -0.118. The van der Waals surface area contributed by atoms with Crippen LogP contribution < -0.4 is 20.5 Å². The number of nitrogens with one attached hydrogen (secondary N) is 1. The second kappa shape index (κ2) is 11.6. The first-order chi connectivity index (χ1) is 22.2. The molecule has 2 aliphatic rings. The number of methoxy groups -OCH3 is 1. The molecule has 1 aromatic carbocycles. The van der Waals surface area contributed by atoms with Crippen molar-refractivity contribution in [3.8, 4) is 22.7 Å². The second-order valence-corrected chi connectivity index (χ2v) is 12.8. The first-order valence-corrected chi connectivity index (χ1v) is 15.2. The van der Waals surface area contributed by atoms with Gasteiger partial charge in [0, 0.05) is 18.5 Å². The summed E-state index contributed by atoms with van der Waals surface area (Å²) < 4.78 is 43.7. The number of nitrogens with zero attached hydrogens (tertiary/aromatic N) is 6. The Morgan fingerprint density at radius 1 is 1.09 bits per heavy atom. The Morgan fingerprint density at radius 3 is 2.51 bits per heavy atom. The van der Waals surface area contributed by atoms with E-state index in [9.17, 15) is 14.4 Å². The van der Waals surface area contributed by atoms with Gasteiger partial charge < -0.3 is 24.6 Å². The molecule has 12 nitrogen and oxygen atoms in total. The third-order valence-corrected chi connectivity index (χ3v) is 8.18. The number of rotatable bonds is 4. The molecular weight excluding hydrogens is 612 g/mol. The lowest BCUT2D eigenvalue weighted by Gasteiger charge is -2.45. The van der Waals surface area contributed by atoms with Gasteiger partial charge in [-0.15, -0.1) is 0 Å². The highest BCUT2D eigenvalue weighted by atomic mass is 19.1. The summed E-state index contributed by atoms with van der Waals surface area (Å²) in [5.74, 6) is -2.28. The molecule has 0 saturated carbocycles. The Hall–Kier alpha value is -5.14. The fourth-order valence-electron chi connectivity index (χ4n) is 6.12. The van der Waals surface area contributed by atoms with Crippen molar-refractivity contribution < 1.29 is 27.8 Å². The van der Waals surface area contributed by atoms with Crippen LogP contribution in [0.4, 0.5) is 25.0 Å². The number of hydrogen-bond acceptors (Lipinski definition) is 9. The Kier molecular flexibility index (Phi) is 7.84. The zero-order valence-corrected chi connectivity index (χ0v) is 27.1. The maximum atomic E-state index is 16.2. The summed E-state index contributed by atoms with van der Waals surface area (Å²) in [4.78, 5) is 57.6. The van der Waals surface area contributed by atoms with E-state index in [1.165, 1.54) is 47.2 Å². The summed E-state index contributed by atoms with van der Waals surface area (Å²) in [7, 11) is 1.34. The molecule has 1 atom stereocenters. The fraction of sp³-hybridized carbons (Fsp3) is 0.394. The Morgan fingerprint density at radius 2 is 1.83 bits per heavy atom. The number of amides is 2. The monoisotopic (exact) mass is 647 g/mol. The van der Waals surface area contributed by atoms with E-state index in [0.29, 0.717) is 17.1 Å². The molecule has 2 aliphatic heterocycles. The van der Waals surface area contributed by atoms with Crippen LogP contribution in [0.5, 0.6) is 5.75 Å². The predicted octanol–water partition coefficient (Wildman–Crippen LogP) is 4.94. The predicted molar refractivity (Wildman–Crippen MR) is 171 cm³/mol. The molecule has 47 heavy (non-hydrogen) atoms. The minimum Gasteiger partial charge on any atom is -0.496 e. The zero-order chi connectivity index (χ0) is 33.9. The molecule has 5 heterocycles. The van der Waals surface area contributed by atoms with Crippen LogP contribution in [0.15, 0.2) is 35.4 Å². The minimum absolute atomic E-state index is 0.000253. The van der Waals surface area contributed by atoms with Gasteiger partial charge in [0.1, 0.15) is 40.9 Å². The number of aromatic nitrogens is 4. The fourth-order valence-corrected chi connectivity index (χ4v) is 6.12. The highest BCUT2D eigenvalue weighted by Crippen LogP contribution is 2.42. The summed E-state index contributed by atoms with van der Waals surface area (Å²) >= 11 is 0. The number of benzene rings is 1. The lowest BCUT2D eigenvalue weighted by atomic mass is 10.0. The highest BCUT2D eigenvalue weighted by molar-refractivity contribution is 6.10. The van der Waals surface area contributed by atoms with Crippen molar-refractivity contribution >= 4 is 34.4 Å². The number of pyridine rings is 2. The summed E-state index contributed by atoms with van der Waals surface area (Å²) in [5, 5.41) is 2.92. The van der Waals surface area contributed by atoms with Gasteiger partial charge in [-0.1, -0.05) is 19.9 Å². The van der Waals surface area contributed by atoms with Crippen LogP contribution in [0.2, 0.25) is 0 Å². The molecule has 14 heteroatoms. The standard InChI is InChI=1S/C33H35F2N7O5/c1-16(2)24-27(17(3)36-15-37-24)42-29-18(13-20(35)25(38-29)23-19(34)9-8-10-22(23)46-7)28-26(31(42)44)39-30(43)21-14-40(11-12-41(21)28)32(45)47-33(4,5)6/h8-10,13,15-16,21H,11-12,14H2,1-7H3,(H,39,43)/t21-/m1/s1. The molecule has 1 fully saturated rings. The molecule has 6 rings (SSSR count). The number of anilines is 2. The molecule has 0 aliphatic carbocycles. The van der Waals surface area contributed by atoms with E-state index in [1.54, 1.807) is 32.6 Å². The van der Waals surface area contributed by atoms with E-state index < -0.39 is 40.8 Å². The van der Waals surface area contributed by atoms with Crippen molar-refractivity contribution in [3.05, 3.63) is 64.0 Å². The topological polar surface area (TPSA) is 132 Å². The van der Waals surface area contributed by atoms with E-state index in [2.05, 4.69) is 20.3 Å². The van der Waals surface area contributed by atoms with Gasteiger partial charge in [-0.05, 0) is 51.8 Å². The van der Waals surface area contributed by atoms with Crippen LogP contribution in [0, 0.1) is 18.6 Å². The number of halogens is 2. The number of hydrogen-bond donors (Lipinski definition) is 1. The second-order valence-electron chi connectivity index (χ2n) is 12.8. The molecule has 0 unspecified atom stereocenters. The maximum Gasteiger partial charge on any atom is 0.410 e. The largest absolute Gasteiger partial charge is 0.496 e. The molecule has 0 bridgehead atoms. The molecule has 4 aromatic rings. The van der Waals surface area contributed by atoms with Gasteiger partial charge in [0.25, 0.3) is 5.56 Å². The lowest BCUT2D eigenvalue weighted by Crippen LogP contribution is -2.62. The van der Waals surface area contributed by atoms with Gasteiger partial charge in [-0.25, -0.2) is 28.5 Å².